The van der Waals surface area contributed by atoms with Gasteiger partial charge < -0.3 is 10.6 Å². The summed E-state index contributed by atoms with van der Waals surface area (Å²) in [6.45, 7) is 0.0279. The third-order valence-corrected chi connectivity index (χ3v) is 5.91. The van der Waals surface area contributed by atoms with Crippen LogP contribution in [0.15, 0.2) is 83.5 Å². The second-order valence-corrected chi connectivity index (χ2v) is 8.51. The van der Waals surface area contributed by atoms with Crippen molar-refractivity contribution in [3.8, 4) is 0 Å². The van der Waals surface area contributed by atoms with Gasteiger partial charge in [0, 0.05) is 11.3 Å². The maximum absolute atomic E-state index is 13.0. The van der Waals surface area contributed by atoms with Crippen LogP contribution in [0.25, 0.3) is 0 Å². The van der Waals surface area contributed by atoms with Crippen molar-refractivity contribution in [2.24, 2.45) is 0 Å². The number of benzene rings is 3. The molecule has 3 aromatic rings. The summed E-state index contributed by atoms with van der Waals surface area (Å²) in [4.78, 5) is 39.1. The van der Waals surface area contributed by atoms with E-state index in [4.69, 9.17) is 23.2 Å². The Morgan fingerprint density at radius 1 is 0.889 bits per heavy atom. The van der Waals surface area contributed by atoms with Crippen LogP contribution in [0.2, 0.25) is 5.02 Å². The molecule has 184 valence electrons. The Morgan fingerprint density at radius 3 is 2.31 bits per heavy atom. The molecule has 0 aromatic heterocycles. The highest BCUT2D eigenvalue weighted by molar-refractivity contribution is 6.48. The fourth-order valence-electron chi connectivity index (χ4n) is 3.44. The maximum atomic E-state index is 13.0. The monoisotopic (exact) mass is 533 g/mol. The molecule has 11 heteroatoms. The number of hydrogen-bond donors (Lipinski definition) is 2. The van der Waals surface area contributed by atoms with Gasteiger partial charge in [0.25, 0.3) is 17.7 Å². The molecular formula is C25H16Cl2F3N3O3. The molecule has 0 unspecified atom stereocenters. The van der Waals surface area contributed by atoms with Gasteiger partial charge in [-0.25, -0.2) is 0 Å². The van der Waals surface area contributed by atoms with E-state index in [1.54, 1.807) is 30.3 Å². The molecule has 0 bridgehead atoms. The molecule has 0 fully saturated rings. The van der Waals surface area contributed by atoms with Crippen LogP contribution in [0, 0.1) is 0 Å². The lowest BCUT2D eigenvalue weighted by atomic mass is 10.1. The summed E-state index contributed by atoms with van der Waals surface area (Å²) in [5.41, 5.74) is -0.290. The van der Waals surface area contributed by atoms with Crippen molar-refractivity contribution in [3.63, 3.8) is 0 Å². The van der Waals surface area contributed by atoms with Gasteiger partial charge in [-0.2, -0.15) is 13.2 Å². The molecule has 1 heterocycles. The molecule has 0 saturated carbocycles. The van der Waals surface area contributed by atoms with Gasteiger partial charge in [0.15, 0.2) is 0 Å². The number of hydrogen-bond acceptors (Lipinski definition) is 4. The molecule has 6 nitrogen and oxygen atoms in total. The Kier molecular flexibility index (Phi) is 7.05. The molecule has 3 aromatic carbocycles. The highest BCUT2D eigenvalue weighted by Crippen LogP contribution is 2.34. The lowest BCUT2D eigenvalue weighted by Gasteiger charge is -2.15. The number of nitrogens with zero attached hydrogens (tertiary/aromatic N) is 1. The largest absolute Gasteiger partial charge is 0.416 e. The molecule has 3 amide bonds. The molecule has 0 spiro atoms. The highest BCUT2D eigenvalue weighted by atomic mass is 35.5. The highest BCUT2D eigenvalue weighted by Gasteiger charge is 2.38. The van der Waals surface area contributed by atoms with E-state index in [0.717, 1.165) is 28.7 Å². The first-order valence-electron chi connectivity index (χ1n) is 10.4. The van der Waals surface area contributed by atoms with Crippen LogP contribution in [0.3, 0.4) is 0 Å². The summed E-state index contributed by atoms with van der Waals surface area (Å²) < 4.78 is 39.0. The second-order valence-electron chi connectivity index (χ2n) is 7.72. The lowest BCUT2D eigenvalue weighted by Crippen LogP contribution is -2.31. The zero-order chi connectivity index (χ0) is 26.0. The van der Waals surface area contributed by atoms with E-state index >= 15 is 0 Å². The van der Waals surface area contributed by atoms with Gasteiger partial charge >= 0.3 is 6.18 Å². The average molecular weight is 534 g/mol. The van der Waals surface area contributed by atoms with Gasteiger partial charge in [0.2, 0.25) is 0 Å². The van der Waals surface area contributed by atoms with Gasteiger partial charge in [-0.05, 0) is 42.0 Å². The normalized spacial score (nSPS) is 13.9. The number of carbonyl (C=O) groups excluding carboxylic acids is 3. The van der Waals surface area contributed by atoms with Crippen LogP contribution in [0.5, 0.6) is 0 Å². The van der Waals surface area contributed by atoms with Crippen LogP contribution in [-0.2, 0) is 22.3 Å². The molecule has 0 saturated heterocycles. The SMILES string of the molecule is O=C(Nc1cc(C(F)(F)F)ccc1Cl)c1cccc(NC2=C(Cl)C(=O)N(Cc3ccccc3)C2=O)c1. The number of anilines is 2. The van der Waals surface area contributed by atoms with Gasteiger partial charge in [0.1, 0.15) is 10.7 Å². The predicted molar refractivity (Wildman–Crippen MR) is 129 cm³/mol. The van der Waals surface area contributed by atoms with Crippen LogP contribution in [-0.4, -0.2) is 22.6 Å². The number of halogens is 5. The van der Waals surface area contributed by atoms with Crippen molar-refractivity contribution in [2.75, 3.05) is 10.6 Å². The molecule has 0 radical (unpaired) electrons. The predicted octanol–water partition coefficient (Wildman–Crippen LogP) is 6.04. The maximum Gasteiger partial charge on any atom is 0.416 e. The van der Waals surface area contributed by atoms with Crippen LogP contribution in [0.4, 0.5) is 24.5 Å². The first kappa shape index (κ1) is 25.3. The van der Waals surface area contributed by atoms with Crippen molar-refractivity contribution in [3.05, 3.63) is 105 Å². The smallest absolute Gasteiger partial charge is 0.350 e. The number of amides is 3. The van der Waals surface area contributed by atoms with Crippen LogP contribution < -0.4 is 10.6 Å². The minimum atomic E-state index is -4.61. The number of imide groups is 1. The first-order chi connectivity index (χ1) is 17.0. The number of nitrogens with one attached hydrogen (secondary N) is 2. The van der Waals surface area contributed by atoms with Crippen LogP contribution >= 0.6 is 23.2 Å². The summed E-state index contributed by atoms with van der Waals surface area (Å²) in [5.74, 6) is -2.04. The van der Waals surface area contributed by atoms with E-state index in [-0.39, 0.29) is 39.2 Å². The average Bonchev–Trinajstić information content (AvgIpc) is 3.04. The third kappa shape index (κ3) is 5.37. The minimum Gasteiger partial charge on any atom is -0.350 e. The Labute approximate surface area is 213 Å². The van der Waals surface area contributed by atoms with Crippen molar-refractivity contribution >= 4 is 52.3 Å². The Balaban J connectivity index is 1.51. The summed E-state index contributed by atoms with van der Waals surface area (Å²) >= 11 is 12.1. The standard InChI is InChI=1S/C25H16Cl2F3N3O3/c26-18-10-9-16(25(28,29)30)12-19(18)32-22(34)15-7-4-8-17(11-15)31-21-20(27)23(35)33(24(21)36)13-14-5-2-1-3-6-14/h1-12,31H,13H2,(H,32,34). The molecule has 0 aliphatic carbocycles. The molecular weight excluding hydrogens is 518 g/mol. The zero-order valence-corrected chi connectivity index (χ0v) is 19.7. The molecule has 2 N–H and O–H groups in total. The molecule has 4 rings (SSSR count). The van der Waals surface area contributed by atoms with Crippen molar-refractivity contribution in [2.45, 2.75) is 12.7 Å². The summed E-state index contributed by atoms with van der Waals surface area (Å²) in [6, 6.07) is 17.2. The third-order valence-electron chi connectivity index (χ3n) is 5.23. The summed E-state index contributed by atoms with van der Waals surface area (Å²) in [6.07, 6.45) is -4.61. The lowest BCUT2D eigenvalue weighted by molar-refractivity contribution is -0.138. The number of rotatable bonds is 6. The van der Waals surface area contributed by atoms with Gasteiger partial charge in [-0.15, -0.1) is 0 Å². The minimum absolute atomic E-state index is 0.0279. The Bertz CT molecular complexity index is 1390. The second kappa shape index (κ2) is 10.0. The molecule has 36 heavy (non-hydrogen) atoms. The van der Waals surface area contributed by atoms with E-state index in [1.807, 2.05) is 0 Å². The zero-order valence-electron chi connectivity index (χ0n) is 18.2. The molecule has 0 atom stereocenters. The van der Waals surface area contributed by atoms with E-state index in [1.165, 1.54) is 24.3 Å². The van der Waals surface area contributed by atoms with Gasteiger partial charge in [0.05, 0.1) is 22.8 Å². The Morgan fingerprint density at radius 2 is 1.61 bits per heavy atom. The van der Waals surface area contributed by atoms with Gasteiger partial charge in [-0.3, -0.25) is 19.3 Å². The van der Waals surface area contributed by atoms with E-state index < -0.39 is 29.5 Å². The number of alkyl halides is 3. The fourth-order valence-corrected chi connectivity index (χ4v) is 3.83. The quantitative estimate of drug-likeness (QED) is 0.378. The van der Waals surface area contributed by atoms with E-state index in [2.05, 4.69) is 10.6 Å². The van der Waals surface area contributed by atoms with E-state index in [9.17, 15) is 27.6 Å². The van der Waals surface area contributed by atoms with Crippen molar-refractivity contribution < 1.29 is 27.6 Å². The van der Waals surface area contributed by atoms with Crippen molar-refractivity contribution in [1.29, 1.82) is 0 Å². The van der Waals surface area contributed by atoms with E-state index in [0.29, 0.717) is 0 Å². The van der Waals surface area contributed by atoms with Crippen LogP contribution in [0.1, 0.15) is 21.5 Å². The van der Waals surface area contributed by atoms with Crippen molar-refractivity contribution in [1.82, 2.24) is 4.90 Å². The van der Waals surface area contributed by atoms with Gasteiger partial charge in [-0.1, -0.05) is 59.6 Å². The first-order valence-corrected chi connectivity index (χ1v) is 11.2. The topological polar surface area (TPSA) is 78.5 Å². The molecule has 1 aliphatic rings. The summed E-state index contributed by atoms with van der Waals surface area (Å²) in [7, 11) is 0. The molecule has 1 aliphatic heterocycles. The number of carbonyl (C=O) groups is 3. The fraction of sp³-hybridized carbons (Fsp3) is 0.0800. The Hall–Kier alpha value is -3.82. The summed E-state index contributed by atoms with van der Waals surface area (Å²) in [5, 5.41) is 4.74.